The SMILES string of the molecule is CCCCCCCCCCC(C(=O)OCCC)=C(CC(C)C)C(=O)OCCC. The first-order valence-corrected chi connectivity index (χ1v) is 11.5. The Bertz CT molecular complexity index is 452. The van der Waals surface area contributed by atoms with Crippen molar-refractivity contribution in [2.45, 2.75) is 112 Å². The van der Waals surface area contributed by atoms with Gasteiger partial charge >= 0.3 is 11.9 Å². The monoisotopic (exact) mass is 396 g/mol. The minimum Gasteiger partial charge on any atom is -0.462 e. The van der Waals surface area contributed by atoms with Crippen LogP contribution in [0.25, 0.3) is 0 Å². The van der Waals surface area contributed by atoms with Crippen molar-refractivity contribution in [2.24, 2.45) is 5.92 Å². The molecule has 0 N–H and O–H groups in total. The van der Waals surface area contributed by atoms with E-state index in [1.807, 2.05) is 13.8 Å². The van der Waals surface area contributed by atoms with Crippen LogP contribution in [0.5, 0.6) is 0 Å². The predicted molar refractivity (Wildman–Crippen MR) is 116 cm³/mol. The van der Waals surface area contributed by atoms with Gasteiger partial charge in [0.15, 0.2) is 0 Å². The van der Waals surface area contributed by atoms with Crippen molar-refractivity contribution < 1.29 is 19.1 Å². The summed E-state index contributed by atoms with van der Waals surface area (Å²) in [5.41, 5.74) is 1.06. The van der Waals surface area contributed by atoms with E-state index in [0.717, 1.165) is 25.7 Å². The molecule has 0 aromatic carbocycles. The second kappa shape index (κ2) is 17.8. The highest BCUT2D eigenvalue weighted by atomic mass is 16.5. The molecule has 0 aliphatic rings. The summed E-state index contributed by atoms with van der Waals surface area (Å²) in [6.45, 7) is 11.0. The average Bonchev–Trinajstić information content (AvgIpc) is 2.67. The van der Waals surface area contributed by atoms with Crippen LogP contribution < -0.4 is 0 Å². The van der Waals surface area contributed by atoms with Crippen LogP contribution in [-0.4, -0.2) is 25.2 Å². The number of carbonyl (C=O) groups is 2. The lowest BCUT2D eigenvalue weighted by atomic mass is 9.94. The molecule has 0 saturated carbocycles. The quantitative estimate of drug-likeness (QED) is 0.155. The van der Waals surface area contributed by atoms with E-state index in [2.05, 4.69) is 20.8 Å². The molecule has 0 rings (SSSR count). The standard InChI is InChI=1S/C24H44O4/c1-6-9-10-11-12-13-14-15-16-21(23(25)27-17-7-2)22(19-20(4)5)24(26)28-18-8-3/h20H,6-19H2,1-5H3. The third kappa shape index (κ3) is 13.0. The van der Waals surface area contributed by atoms with E-state index >= 15 is 0 Å². The van der Waals surface area contributed by atoms with Gasteiger partial charge in [-0.1, -0.05) is 79.6 Å². The Balaban J connectivity index is 5.02. The minimum absolute atomic E-state index is 0.275. The van der Waals surface area contributed by atoms with E-state index in [1.54, 1.807) is 0 Å². The number of unbranched alkanes of at least 4 members (excludes halogenated alkanes) is 7. The third-order valence-electron chi connectivity index (χ3n) is 4.62. The molecule has 4 heteroatoms. The summed E-state index contributed by atoms with van der Waals surface area (Å²) in [7, 11) is 0. The molecule has 0 bridgehead atoms. The Morgan fingerprint density at radius 3 is 1.57 bits per heavy atom. The lowest BCUT2D eigenvalue weighted by Crippen LogP contribution is -2.19. The molecule has 0 atom stereocenters. The lowest BCUT2D eigenvalue weighted by Gasteiger charge is -2.16. The van der Waals surface area contributed by atoms with Gasteiger partial charge in [-0.15, -0.1) is 0 Å². The lowest BCUT2D eigenvalue weighted by molar-refractivity contribution is -0.142. The Morgan fingerprint density at radius 1 is 0.643 bits per heavy atom. The summed E-state index contributed by atoms with van der Waals surface area (Å²) in [4.78, 5) is 25.3. The van der Waals surface area contributed by atoms with Crippen molar-refractivity contribution in [1.82, 2.24) is 0 Å². The third-order valence-corrected chi connectivity index (χ3v) is 4.62. The Labute approximate surface area is 173 Å². The summed E-state index contributed by atoms with van der Waals surface area (Å²) in [5, 5.41) is 0. The predicted octanol–water partition coefficient (Wildman–Crippen LogP) is 6.77. The van der Waals surface area contributed by atoms with Gasteiger partial charge in [-0.3, -0.25) is 0 Å². The molecule has 0 aromatic heterocycles. The molecule has 28 heavy (non-hydrogen) atoms. The molecule has 0 spiro atoms. The zero-order valence-corrected chi connectivity index (χ0v) is 19.1. The highest BCUT2D eigenvalue weighted by Gasteiger charge is 2.23. The van der Waals surface area contributed by atoms with Crippen LogP contribution in [0.3, 0.4) is 0 Å². The van der Waals surface area contributed by atoms with E-state index in [-0.39, 0.29) is 17.9 Å². The molecule has 0 unspecified atom stereocenters. The van der Waals surface area contributed by atoms with Crippen LogP contribution in [0, 0.1) is 5.92 Å². The summed E-state index contributed by atoms with van der Waals surface area (Å²) in [6.07, 6.45) is 12.3. The Kier molecular flexibility index (Phi) is 16.9. The van der Waals surface area contributed by atoms with Gasteiger partial charge in [-0.25, -0.2) is 9.59 Å². The average molecular weight is 397 g/mol. The number of esters is 2. The summed E-state index contributed by atoms with van der Waals surface area (Å²) >= 11 is 0. The van der Waals surface area contributed by atoms with Gasteiger partial charge in [0.05, 0.1) is 13.2 Å². The highest BCUT2D eigenvalue weighted by Crippen LogP contribution is 2.23. The number of hydrogen-bond acceptors (Lipinski definition) is 4. The topological polar surface area (TPSA) is 52.6 Å². The zero-order chi connectivity index (χ0) is 21.2. The fraction of sp³-hybridized carbons (Fsp3) is 0.833. The Morgan fingerprint density at radius 2 is 1.11 bits per heavy atom. The molecule has 4 nitrogen and oxygen atoms in total. The van der Waals surface area contributed by atoms with E-state index in [9.17, 15) is 9.59 Å². The fourth-order valence-corrected chi connectivity index (χ4v) is 3.11. The van der Waals surface area contributed by atoms with Crippen molar-refractivity contribution in [3.63, 3.8) is 0 Å². The van der Waals surface area contributed by atoms with Crippen LogP contribution >= 0.6 is 0 Å². The molecule has 0 aliphatic carbocycles. The largest absolute Gasteiger partial charge is 0.462 e. The van der Waals surface area contributed by atoms with E-state index in [1.165, 1.54) is 38.5 Å². The van der Waals surface area contributed by atoms with Gasteiger partial charge in [0.2, 0.25) is 0 Å². The number of hydrogen-bond donors (Lipinski definition) is 0. The van der Waals surface area contributed by atoms with Crippen LogP contribution in [0.15, 0.2) is 11.1 Å². The van der Waals surface area contributed by atoms with E-state index in [0.29, 0.717) is 37.2 Å². The molecule has 0 aliphatic heterocycles. The maximum Gasteiger partial charge on any atom is 0.334 e. The van der Waals surface area contributed by atoms with E-state index in [4.69, 9.17) is 9.47 Å². The second-order valence-corrected chi connectivity index (χ2v) is 8.05. The van der Waals surface area contributed by atoms with Crippen molar-refractivity contribution >= 4 is 11.9 Å². The molecule has 0 fully saturated rings. The molecule has 164 valence electrons. The zero-order valence-electron chi connectivity index (χ0n) is 19.1. The second-order valence-electron chi connectivity index (χ2n) is 8.05. The Hall–Kier alpha value is -1.32. The van der Waals surface area contributed by atoms with Gasteiger partial charge in [-0.2, -0.15) is 0 Å². The first-order valence-electron chi connectivity index (χ1n) is 11.5. The molecular weight excluding hydrogens is 352 g/mol. The molecule has 0 aromatic rings. The molecule has 0 radical (unpaired) electrons. The summed E-state index contributed by atoms with van der Waals surface area (Å²) in [5.74, 6) is -0.413. The summed E-state index contributed by atoms with van der Waals surface area (Å²) < 4.78 is 10.8. The minimum atomic E-state index is -0.349. The van der Waals surface area contributed by atoms with Crippen molar-refractivity contribution in [1.29, 1.82) is 0 Å². The highest BCUT2D eigenvalue weighted by molar-refractivity contribution is 6.00. The molecule has 0 amide bonds. The number of carbonyl (C=O) groups excluding carboxylic acids is 2. The van der Waals surface area contributed by atoms with Crippen LogP contribution in [0.2, 0.25) is 0 Å². The van der Waals surface area contributed by atoms with Gasteiger partial charge < -0.3 is 9.47 Å². The van der Waals surface area contributed by atoms with Gasteiger partial charge in [-0.05, 0) is 38.0 Å². The summed E-state index contributed by atoms with van der Waals surface area (Å²) in [6, 6.07) is 0. The van der Waals surface area contributed by atoms with Crippen LogP contribution in [0.1, 0.15) is 112 Å². The first kappa shape index (κ1) is 26.7. The number of ether oxygens (including phenoxy) is 2. The first-order chi connectivity index (χ1) is 13.5. The number of rotatable bonds is 17. The normalized spacial score (nSPS) is 12.1. The van der Waals surface area contributed by atoms with Crippen molar-refractivity contribution in [3.05, 3.63) is 11.1 Å². The molecule has 0 saturated heterocycles. The van der Waals surface area contributed by atoms with Crippen molar-refractivity contribution in [2.75, 3.05) is 13.2 Å². The van der Waals surface area contributed by atoms with Gasteiger partial charge in [0.1, 0.15) is 0 Å². The van der Waals surface area contributed by atoms with Gasteiger partial charge in [0.25, 0.3) is 0 Å². The maximum atomic E-state index is 12.7. The smallest absolute Gasteiger partial charge is 0.334 e. The van der Waals surface area contributed by atoms with Crippen LogP contribution in [0.4, 0.5) is 0 Å². The maximum absolute atomic E-state index is 12.7. The molecule has 0 heterocycles. The fourth-order valence-electron chi connectivity index (χ4n) is 3.11. The van der Waals surface area contributed by atoms with Crippen LogP contribution in [-0.2, 0) is 19.1 Å². The molecular formula is C24H44O4. The van der Waals surface area contributed by atoms with Crippen molar-refractivity contribution in [3.8, 4) is 0 Å². The van der Waals surface area contributed by atoms with Gasteiger partial charge in [0, 0.05) is 11.1 Å². The van der Waals surface area contributed by atoms with E-state index < -0.39 is 0 Å².